The zero-order valence-corrected chi connectivity index (χ0v) is 25.4. The Labute approximate surface area is 239 Å². The van der Waals surface area contributed by atoms with Gasteiger partial charge in [-0.25, -0.2) is 9.59 Å². The average Bonchev–Trinajstić information content (AvgIpc) is 2.92. The fourth-order valence-electron chi connectivity index (χ4n) is 6.59. The number of ether oxygens (including phenoxy) is 2. The summed E-state index contributed by atoms with van der Waals surface area (Å²) in [4.78, 5) is 24.4. The topological polar surface area (TPSA) is 72.8 Å². The molecule has 0 aliphatic heterocycles. The number of aliphatic hydroxyl groups excluding tert-OH is 1. The largest absolute Gasteiger partial charge is 0.462 e. The van der Waals surface area contributed by atoms with Crippen molar-refractivity contribution in [3.05, 3.63) is 24.3 Å². The van der Waals surface area contributed by atoms with Gasteiger partial charge in [-0.3, -0.25) is 0 Å². The first-order chi connectivity index (χ1) is 18.7. The number of carbonyl (C=O) groups is 2. The summed E-state index contributed by atoms with van der Waals surface area (Å²) in [6.07, 6.45) is 20.1. The van der Waals surface area contributed by atoms with Crippen LogP contribution in [0, 0.1) is 29.6 Å². The normalized spacial score (nSPS) is 24.9. The highest BCUT2D eigenvalue weighted by atomic mass is 16.5. The Hall–Kier alpha value is -1.62. The van der Waals surface area contributed by atoms with Gasteiger partial charge in [0.05, 0.1) is 19.3 Å². The van der Waals surface area contributed by atoms with Crippen LogP contribution in [0.25, 0.3) is 0 Å². The number of rotatable bonds is 18. The van der Waals surface area contributed by atoms with E-state index in [1.165, 1.54) is 77.0 Å². The molecule has 0 aromatic carbocycles. The van der Waals surface area contributed by atoms with Crippen molar-refractivity contribution in [3.8, 4) is 0 Å². The van der Waals surface area contributed by atoms with Crippen LogP contribution in [0.5, 0.6) is 0 Å². The van der Waals surface area contributed by atoms with Gasteiger partial charge in [0.25, 0.3) is 0 Å². The first-order valence-electron chi connectivity index (χ1n) is 16.0. The minimum Gasteiger partial charge on any atom is -0.462 e. The molecule has 224 valence electrons. The van der Waals surface area contributed by atoms with Crippen LogP contribution in [-0.2, 0) is 19.1 Å². The van der Waals surface area contributed by atoms with Crippen LogP contribution in [-0.4, -0.2) is 36.4 Å². The molecule has 2 unspecified atom stereocenters. The predicted octanol–water partition coefficient (Wildman–Crippen LogP) is 8.35. The highest BCUT2D eigenvalue weighted by Gasteiger charge is 2.31. The SMILES string of the molecule is C=C(C)C(=O)OCC(CCC1CCC(C2CCC(CCCCC)CC2)CC1)COC(=O)C(=C)CCCC(C)O. The molecule has 0 heterocycles. The van der Waals surface area contributed by atoms with Gasteiger partial charge in [0, 0.05) is 17.1 Å². The molecular formula is C34H58O5. The Balaban J connectivity index is 1.74. The standard InChI is InChI=1S/C34H58O5/c1-6-7-8-12-28-15-19-31(20-16-28)32-21-17-29(18-22-32)13-14-30(23-38-33(36)25(2)3)24-39-34(37)26(4)10-9-11-27(5)35/h27-32,35H,2,4,6-24H2,1,3,5H3. The summed E-state index contributed by atoms with van der Waals surface area (Å²) >= 11 is 0. The maximum absolute atomic E-state index is 12.4. The van der Waals surface area contributed by atoms with Crippen molar-refractivity contribution in [2.45, 2.75) is 136 Å². The highest BCUT2D eigenvalue weighted by molar-refractivity contribution is 5.87. The molecule has 0 spiro atoms. The van der Waals surface area contributed by atoms with Gasteiger partial charge in [0.15, 0.2) is 0 Å². The van der Waals surface area contributed by atoms with Crippen LogP contribution in [0.3, 0.4) is 0 Å². The highest BCUT2D eigenvalue weighted by Crippen LogP contribution is 2.43. The van der Waals surface area contributed by atoms with E-state index >= 15 is 0 Å². The molecule has 0 saturated heterocycles. The molecule has 2 fully saturated rings. The molecular weight excluding hydrogens is 488 g/mol. The van der Waals surface area contributed by atoms with Gasteiger partial charge < -0.3 is 14.6 Å². The summed E-state index contributed by atoms with van der Waals surface area (Å²) in [7, 11) is 0. The second-order valence-electron chi connectivity index (χ2n) is 12.8. The summed E-state index contributed by atoms with van der Waals surface area (Å²) in [5, 5.41) is 9.42. The lowest BCUT2D eigenvalue weighted by molar-refractivity contribution is -0.144. The minimum atomic E-state index is -0.394. The van der Waals surface area contributed by atoms with E-state index in [2.05, 4.69) is 20.1 Å². The number of carbonyl (C=O) groups excluding carboxylic acids is 2. The van der Waals surface area contributed by atoms with Crippen LogP contribution < -0.4 is 0 Å². The average molecular weight is 547 g/mol. The van der Waals surface area contributed by atoms with Gasteiger partial charge in [0.2, 0.25) is 0 Å². The number of esters is 2. The molecule has 5 heteroatoms. The fraction of sp³-hybridized carbons (Fsp3) is 0.824. The third kappa shape index (κ3) is 13.5. The summed E-state index contributed by atoms with van der Waals surface area (Å²) in [6, 6.07) is 0. The molecule has 2 saturated carbocycles. The van der Waals surface area contributed by atoms with Crippen LogP contribution in [0.4, 0.5) is 0 Å². The Morgan fingerprint density at radius 2 is 1.33 bits per heavy atom. The molecule has 0 amide bonds. The Morgan fingerprint density at radius 1 is 0.795 bits per heavy atom. The zero-order chi connectivity index (χ0) is 28.6. The molecule has 2 aliphatic carbocycles. The second-order valence-corrected chi connectivity index (χ2v) is 12.8. The monoisotopic (exact) mass is 546 g/mol. The van der Waals surface area contributed by atoms with Crippen molar-refractivity contribution in [3.63, 3.8) is 0 Å². The van der Waals surface area contributed by atoms with Gasteiger partial charge >= 0.3 is 11.9 Å². The summed E-state index contributed by atoms with van der Waals surface area (Å²) < 4.78 is 11.0. The minimum absolute atomic E-state index is 0.0248. The van der Waals surface area contributed by atoms with Crippen LogP contribution in [0.15, 0.2) is 24.3 Å². The third-order valence-corrected chi connectivity index (χ3v) is 9.29. The van der Waals surface area contributed by atoms with Crippen molar-refractivity contribution in [1.82, 2.24) is 0 Å². The zero-order valence-electron chi connectivity index (χ0n) is 25.4. The molecule has 0 aromatic heterocycles. The lowest BCUT2D eigenvalue weighted by atomic mass is 9.68. The Kier molecular flexibility index (Phi) is 16.1. The molecule has 1 N–H and O–H groups in total. The van der Waals surface area contributed by atoms with E-state index in [4.69, 9.17) is 9.47 Å². The number of aliphatic hydroxyl groups is 1. The van der Waals surface area contributed by atoms with E-state index in [1.807, 2.05) is 0 Å². The second kappa shape index (κ2) is 18.7. The van der Waals surface area contributed by atoms with Gasteiger partial charge in [-0.1, -0.05) is 71.4 Å². The maximum atomic E-state index is 12.4. The quantitative estimate of drug-likeness (QED) is 0.106. The third-order valence-electron chi connectivity index (χ3n) is 9.29. The van der Waals surface area contributed by atoms with E-state index in [0.717, 1.165) is 30.6 Å². The van der Waals surface area contributed by atoms with Crippen LogP contribution in [0.2, 0.25) is 0 Å². The van der Waals surface area contributed by atoms with Crippen LogP contribution in [0.1, 0.15) is 130 Å². The number of hydrogen-bond donors (Lipinski definition) is 1. The lowest BCUT2D eigenvalue weighted by Gasteiger charge is -2.38. The summed E-state index contributed by atoms with van der Waals surface area (Å²) in [5.74, 6) is 2.73. The van der Waals surface area contributed by atoms with Crippen LogP contribution >= 0.6 is 0 Å². The Morgan fingerprint density at radius 3 is 1.85 bits per heavy atom. The summed E-state index contributed by atoms with van der Waals surface area (Å²) in [6.45, 7) is 13.7. The van der Waals surface area contributed by atoms with Crippen molar-refractivity contribution in [1.29, 1.82) is 0 Å². The molecule has 2 atom stereocenters. The maximum Gasteiger partial charge on any atom is 0.333 e. The van der Waals surface area contributed by atoms with Crippen molar-refractivity contribution in [2.75, 3.05) is 13.2 Å². The molecule has 2 aliphatic rings. The van der Waals surface area contributed by atoms with Gasteiger partial charge in [-0.05, 0) is 95.3 Å². The van der Waals surface area contributed by atoms with Gasteiger partial charge in [-0.2, -0.15) is 0 Å². The summed E-state index contributed by atoms with van der Waals surface area (Å²) in [5.41, 5.74) is 0.812. The molecule has 39 heavy (non-hydrogen) atoms. The first-order valence-corrected chi connectivity index (χ1v) is 16.0. The van der Waals surface area contributed by atoms with Gasteiger partial charge in [0.1, 0.15) is 0 Å². The Bertz CT molecular complexity index is 741. The molecule has 0 radical (unpaired) electrons. The predicted molar refractivity (Wildman–Crippen MR) is 159 cm³/mol. The molecule has 5 nitrogen and oxygen atoms in total. The molecule has 0 aromatic rings. The lowest BCUT2D eigenvalue weighted by Crippen LogP contribution is -2.27. The molecule has 2 rings (SSSR count). The van der Waals surface area contributed by atoms with E-state index in [1.54, 1.807) is 13.8 Å². The molecule has 0 bridgehead atoms. The first kappa shape index (κ1) is 33.6. The van der Waals surface area contributed by atoms with Crippen molar-refractivity contribution in [2.24, 2.45) is 29.6 Å². The van der Waals surface area contributed by atoms with E-state index in [-0.39, 0.29) is 25.2 Å². The van der Waals surface area contributed by atoms with Crippen molar-refractivity contribution < 1.29 is 24.2 Å². The van der Waals surface area contributed by atoms with E-state index in [0.29, 0.717) is 36.3 Å². The fourth-order valence-corrected chi connectivity index (χ4v) is 6.59. The van der Waals surface area contributed by atoms with Crippen molar-refractivity contribution >= 4 is 11.9 Å². The van der Waals surface area contributed by atoms with E-state index in [9.17, 15) is 14.7 Å². The number of unbranched alkanes of at least 4 members (excludes halogenated alkanes) is 2. The van der Waals surface area contributed by atoms with E-state index < -0.39 is 11.9 Å². The number of hydrogen-bond acceptors (Lipinski definition) is 5. The van der Waals surface area contributed by atoms with Gasteiger partial charge in [-0.15, -0.1) is 0 Å². The smallest absolute Gasteiger partial charge is 0.333 e.